The molecule has 3 rings (SSSR count). The quantitative estimate of drug-likeness (QED) is 0.850. The third-order valence-corrected chi connectivity index (χ3v) is 3.41. The van der Waals surface area contributed by atoms with Crippen molar-refractivity contribution in [3.63, 3.8) is 0 Å². The summed E-state index contributed by atoms with van der Waals surface area (Å²) in [5.74, 6) is 1.58. The van der Waals surface area contributed by atoms with Crippen molar-refractivity contribution in [2.24, 2.45) is 0 Å². The molecule has 0 saturated heterocycles. The Hall–Kier alpha value is -2.24. The van der Waals surface area contributed by atoms with Gasteiger partial charge in [-0.3, -0.25) is 9.78 Å². The largest absolute Gasteiger partial charge is 0.339 e. The molecule has 0 aliphatic heterocycles. The highest BCUT2D eigenvalue weighted by Crippen LogP contribution is 2.38. The van der Waals surface area contributed by atoms with Crippen molar-refractivity contribution in [2.75, 3.05) is 7.05 Å². The number of amides is 1. The number of aromatic nitrogens is 3. The fraction of sp³-hybridized carbons (Fsp3) is 0.429. The van der Waals surface area contributed by atoms with Gasteiger partial charge in [0.15, 0.2) is 5.82 Å². The average Bonchev–Trinajstić information content (AvgIpc) is 3.19. The van der Waals surface area contributed by atoms with Gasteiger partial charge in [0.2, 0.25) is 5.89 Å². The van der Waals surface area contributed by atoms with Gasteiger partial charge >= 0.3 is 0 Å². The number of nitrogens with zero attached hydrogens (tertiary/aromatic N) is 4. The van der Waals surface area contributed by atoms with E-state index in [0.717, 1.165) is 18.4 Å². The lowest BCUT2D eigenvalue weighted by molar-refractivity contribution is 0.0779. The molecule has 2 heterocycles. The number of aryl methyl sites for hydroxylation is 1. The molecule has 0 spiro atoms. The predicted molar refractivity (Wildman–Crippen MR) is 71.0 cm³/mol. The summed E-state index contributed by atoms with van der Waals surface area (Å²) in [5.41, 5.74) is 1.50. The van der Waals surface area contributed by atoms with Crippen LogP contribution in [0.4, 0.5) is 0 Å². The molecular weight excluding hydrogens is 256 g/mol. The van der Waals surface area contributed by atoms with Crippen LogP contribution in [0.3, 0.4) is 0 Å². The molecule has 1 amide bonds. The van der Waals surface area contributed by atoms with Crippen molar-refractivity contribution in [1.29, 1.82) is 0 Å². The second kappa shape index (κ2) is 5.03. The summed E-state index contributed by atoms with van der Waals surface area (Å²) in [7, 11) is 1.72. The van der Waals surface area contributed by atoms with Crippen LogP contribution in [0, 0.1) is 6.92 Å². The number of carbonyl (C=O) groups excluding carboxylic acids is 1. The highest BCUT2D eigenvalue weighted by atomic mass is 16.5. The summed E-state index contributed by atoms with van der Waals surface area (Å²) >= 11 is 0. The normalized spacial score (nSPS) is 14.3. The molecule has 1 aliphatic carbocycles. The maximum Gasteiger partial charge on any atom is 0.255 e. The van der Waals surface area contributed by atoms with Crippen LogP contribution in [-0.2, 0) is 6.54 Å². The predicted octanol–water partition coefficient (Wildman–Crippen LogP) is 1.92. The fourth-order valence-corrected chi connectivity index (χ4v) is 2.01. The Labute approximate surface area is 116 Å². The van der Waals surface area contributed by atoms with Crippen LogP contribution in [0.2, 0.25) is 0 Å². The van der Waals surface area contributed by atoms with Crippen molar-refractivity contribution < 1.29 is 9.32 Å². The zero-order valence-electron chi connectivity index (χ0n) is 11.5. The molecule has 2 aromatic heterocycles. The number of hydrogen-bond donors (Lipinski definition) is 0. The van der Waals surface area contributed by atoms with E-state index in [0.29, 0.717) is 29.7 Å². The van der Waals surface area contributed by atoms with Crippen LogP contribution in [-0.4, -0.2) is 33.0 Å². The average molecular weight is 272 g/mol. The summed E-state index contributed by atoms with van der Waals surface area (Å²) in [6.45, 7) is 2.23. The summed E-state index contributed by atoms with van der Waals surface area (Å²) in [6, 6.07) is 1.82. The van der Waals surface area contributed by atoms with Gasteiger partial charge in [0, 0.05) is 25.4 Å². The van der Waals surface area contributed by atoms with Gasteiger partial charge in [-0.1, -0.05) is 5.16 Å². The maximum absolute atomic E-state index is 12.3. The second-order valence-electron chi connectivity index (χ2n) is 5.17. The molecule has 20 heavy (non-hydrogen) atoms. The third kappa shape index (κ3) is 2.54. The van der Waals surface area contributed by atoms with Crippen molar-refractivity contribution >= 4 is 5.91 Å². The van der Waals surface area contributed by atoms with E-state index in [1.54, 1.807) is 24.3 Å². The van der Waals surface area contributed by atoms with Gasteiger partial charge in [-0.05, 0) is 31.4 Å². The first kappa shape index (κ1) is 12.8. The van der Waals surface area contributed by atoms with Crippen molar-refractivity contribution in [3.05, 3.63) is 41.3 Å². The van der Waals surface area contributed by atoms with Gasteiger partial charge in [0.1, 0.15) is 0 Å². The van der Waals surface area contributed by atoms with Crippen LogP contribution in [0.25, 0.3) is 0 Å². The molecule has 0 bridgehead atoms. The van der Waals surface area contributed by atoms with Gasteiger partial charge in [-0.25, -0.2) is 0 Å². The number of carbonyl (C=O) groups is 1. The molecule has 0 aromatic carbocycles. The molecule has 1 saturated carbocycles. The monoisotopic (exact) mass is 272 g/mol. The van der Waals surface area contributed by atoms with E-state index in [9.17, 15) is 4.79 Å². The lowest BCUT2D eigenvalue weighted by Gasteiger charge is -2.15. The Morgan fingerprint density at radius 1 is 1.50 bits per heavy atom. The van der Waals surface area contributed by atoms with Gasteiger partial charge < -0.3 is 9.42 Å². The first-order valence-electron chi connectivity index (χ1n) is 6.63. The number of pyridine rings is 1. The van der Waals surface area contributed by atoms with E-state index >= 15 is 0 Å². The molecule has 0 N–H and O–H groups in total. The topological polar surface area (TPSA) is 72.1 Å². The molecule has 6 heteroatoms. The molecule has 1 fully saturated rings. The van der Waals surface area contributed by atoms with Crippen LogP contribution >= 0.6 is 0 Å². The fourth-order valence-electron chi connectivity index (χ4n) is 2.01. The van der Waals surface area contributed by atoms with Gasteiger partial charge in [-0.15, -0.1) is 0 Å². The Morgan fingerprint density at radius 3 is 3.00 bits per heavy atom. The SMILES string of the molecule is Cc1ccncc1C(=O)N(C)Cc1noc(C2CC2)n1. The van der Waals surface area contributed by atoms with E-state index in [1.807, 2.05) is 13.0 Å². The van der Waals surface area contributed by atoms with E-state index in [4.69, 9.17) is 4.52 Å². The van der Waals surface area contributed by atoms with Crippen molar-refractivity contribution in [2.45, 2.75) is 32.2 Å². The molecule has 6 nitrogen and oxygen atoms in total. The molecule has 1 aliphatic rings. The standard InChI is InChI=1S/C14H16N4O2/c1-9-5-6-15-7-11(9)14(19)18(2)8-12-16-13(20-17-12)10-3-4-10/h5-7,10H,3-4,8H2,1-2H3. The molecule has 0 unspecified atom stereocenters. The number of rotatable bonds is 4. The van der Waals surface area contributed by atoms with Crippen LogP contribution in [0.5, 0.6) is 0 Å². The van der Waals surface area contributed by atoms with Gasteiger partial charge in [-0.2, -0.15) is 4.98 Å². The van der Waals surface area contributed by atoms with Crippen molar-refractivity contribution in [3.8, 4) is 0 Å². The minimum atomic E-state index is -0.0895. The molecule has 104 valence electrons. The van der Waals surface area contributed by atoms with Crippen LogP contribution < -0.4 is 0 Å². The molecule has 2 aromatic rings. The van der Waals surface area contributed by atoms with E-state index in [-0.39, 0.29) is 5.91 Å². The Kier molecular flexibility index (Phi) is 3.22. The molecule has 0 radical (unpaired) electrons. The van der Waals surface area contributed by atoms with Crippen LogP contribution in [0.15, 0.2) is 23.0 Å². The first-order valence-corrected chi connectivity index (χ1v) is 6.63. The summed E-state index contributed by atoms with van der Waals surface area (Å²) in [6.07, 6.45) is 5.49. The molecule has 0 atom stereocenters. The zero-order valence-corrected chi connectivity index (χ0v) is 11.5. The Balaban J connectivity index is 1.70. The smallest absolute Gasteiger partial charge is 0.255 e. The highest BCUT2D eigenvalue weighted by Gasteiger charge is 2.29. The zero-order chi connectivity index (χ0) is 14.1. The Morgan fingerprint density at radius 2 is 2.30 bits per heavy atom. The number of hydrogen-bond acceptors (Lipinski definition) is 5. The van der Waals surface area contributed by atoms with Crippen LogP contribution in [0.1, 0.15) is 46.4 Å². The summed E-state index contributed by atoms with van der Waals surface area (Å²) in [4.78, 5) is 22.2. The van der Waals surface area contributed by atoms with Crippen molar-refractivity contribution in [1.82, 2.24) is 20.0 Å². The minimum absolute atomic E-state index is 0.0895. The Bertz CT molecular complexity index is 634. The van der Waals surface area contributed by atoms with Gasteiger partial charge in [0.05, 0.1) is 12.1 Å². The lowest BCUT2D eigenvalue weighted by Crippen LogP contribution is -2.27. The molecular formula is C14H16N4O2. The minimum Gasteiger partial charge on any atom is -0.339 e. The van der Waals surface area contributed by atoms with E-state index < -0.39 is 0 Å². The third-order valence-electron chi connectivity index (χ3n) is 3.41. The van der Waals surface area contributed by atoms with E-state index in [2.05, 4.69) is 15.1 Å². The van der Waals surface area contributed by atoms with E-state index in [1.165, 1.54) is 0 Å². The summed E-state index contributed by atoms with van der Waals surface area (Å²) in [5, 5.41) is 3.92. The van der Waals surface area contributed by atoms with Gasteiger partial charge in [0.25, 0.3) is 5.91 Å². The summed E-state index contributed by atoms with van der Waals surface area (Å²) < 4.78 is 5.19. The lowest BCUT2D eigenvalue weighted by atomic mass is 10.1. The second-order valence-corrected chi connectivity index (χ2v) is 5.17. The first-order chi connectivity index (χ1) is 9.65. The maximum atomic E-state index is 12.3. The highest BCUT2D eigenvalue weighted by molar-refractivity contribution is 5.95.